The number of esters is 1. The van der Waals surface area contributed by atoms with Gasteiger partial charge in [-0.15, -0.1) is 0 Å². The van der Waals surface area contributed by atoms with Crippen LogP contribution < -0.4 is 5.76 Å². The van der Waals surface area contributed by atoms with Gasteiger partial charge >= 0.3 is 11.7 Å². The molecular formula is C23H32N2O5. The molecule has 0 radical (unpaired) electrons. The lowest BCUT2D eigenvalue weighted by atomic mass is 9.87. The second kappa shape index (κ2) is 9.06. The summed E-state index contributed by atoms with van der Waals surface area (Å²) < 4.78 is 12.1. The fourth-order valence-corrected chi connectivity index (χ4v) is 3.99. The molecule has 164 valence electrons. The average Bonchev–Trinajstić information content (AvgIpc) is 3.02. The Morgan fingerprint density at radius 1 is 1.17 bits per heavy atom. The van der Waals surface area contributed by atoms with E-state index in [-0.39, 0.29) is 35.5 Å². The number of ether oxygens (including phenoxy) is 1. The molecule has 7 heteroatoms. The largest absolute Gasteiger partial charge is 0.466 e. The number of fused-ring (bicyclic) bond motifs is 1. The minimum absolute atomic E-state index is 0.0116. The summed E-state index contributed by atoms with van der Waals surface area (Å²) in [6.07, 6.45) is 2.52. The zero-order valence-corrected chi connectivity index (χ0v) is 18.4. The fourth-order valence-electron chi connectivity index (χ4n) is 3.99. The van der Waals surface area contributed by atoms with Gasteiger partial charge in [-0.3, -0.25) is 14.2 Å². The molecule has 0 N–H and O–H groups in total. The lowest BCUT2D eigenvalue weighted by Crippen LogP contribution is -2.40. The Balaban J connectivity index is 1.64. The fraction of sp³-hybridized carbons (Fsp3) is 0.609. The summed E-state index contributed by atoms with van der Waals surface area (Å²) in [5.74, 6) is -0.544. The van der Waals surface area contributed by atoms with Crippen LogP contribution >= 0.6 is 0 Å². The maximum Gasteiger partial charge on any atom is 0.420 e. The summed E-state index contributed by atoms with van der Waals surface area (Å²) in [5, 5.41) is 0. The predicted molar refractivity (Wildman–Crippen MR) is 115 cm³/mol. The summed E-state index contributed by atoms with van der Waals surface area (Å²) in [6.45, 7) is 9.75. The van der Waals surface area contributed by atoms with Crippen LogP contribution in [0.5, 0.6) is 0 Å². The number of hydrogen-bond donors (Lipinski definition) is 0. The highest BCUT2D eigenvalue weighted by Gasteiger charge is 2.27. The van der Waals surface area contributed by atoms with E-state index in [1.54, 1.807) is 11.5 Å². The number of likely N-dealkylation sites (tertiary alicyclic amines) is 1. The lowest BCUT2D eigenvalue weighted by Gasteiger charge is -2.32. The first-order valence-corrected chi connectivity index (χ1v) is 10.8. The quantitative estimate of drug-likeness (QED) is 0.669. The van der Waals surface area contributed by atoms with Crippen molar-refractivity contribution < 1.29 is 18.7 Å². The Morgan fingerprint density at radius 3 is 2.50 bits per heavy atom. The number of aromatic nitrogens is 1. The molecule has 7 nitrogen and oxygen atoms in total. The van der Waals surface area contributed by atoms with Gasteiger partial charge in [-0.1, -0.05) is 26.8 Å². The van der Waals surface area contributed by atoms with E-state index in [2.05, 4.69) is 20.8 Å². The first kappa shape index (κ1) is 22.1. The lowest BCUT2D eigenvalue weighted by molar-refractivity contribution is -0.143. The van der Waals surface area contributed by atoms with E-state index >= 15 is 0 Å². The van der Waals surface area contributed by atoms with E-state index < -0.39 is 0 Å². The molecule has 0 atom stereocenters. The molecule has 0 saturated carbocycles. The smallest absolute Gasteiger partial charge is 0.420 e. The Bertz CT molecular complexity index is 958. The molecule has 2 heterocycles. The van der Waals surface area contributed by atoms with Gasteiger partial charge in [0, 0.05) is 32.0 Å². The number of benzene rings is 1. The minimum Gasteiger partial charge on any atom is -0.466 e. The third kappa shape index (κ3) is 4.94. The number of oxazole rings is 1. The van der Waals surface area contributed by atoms with Crippen molar-refractivity contribution in [3.05, 3.63) is 34.3 Å². The SMILES string of the molecule is CCOC(=O)CCCC(=O)N1CCC(n2c(=O)oc3ccc(C(C)(C)C)cc32)CC1. The number of amides is 1. The first-order valence-electron chi connectivity index (χ1n) is 10.8. The molecule has 1 aliphatic rings. The molecule has 1 saturated heterocycles. The summed E-state index contributed by atoms with van der Waals surface area (Å²) in [4.78, 5) is 38.2. The maximum atomic E-state index is 12.5. The topological polar surface area (TPSA) is 81.8 Å². The van der Waals surface area contributed by atoms with Crippen molar-refractivity contribution in [3.8, 4) is 0 Å². The third-order valence-electron chi connectivity index (χ3n) is 5.74. The Morgan fingerprint density at radius 2 is 1.87 bits per heavy atom. The molecule has 0 aliphatic carbocycles. The van der Waals surface area contributed by atoms with Crippen molar-refractivity contribution in [1.29, 1.82) is 0 Å². The molecule has 2 aromatic rings. The number of nitrogens with zero attached hydrogens (tertiary/aromatic N) is 2. The van der Waals surface area contributed by atoms with Crippen molar-refractivity contribution in [1.82, 2.24) is 9.47 Å². The standard InChI is InChI=1S/C23H32N2O5/c1-5-29-21(27)8-6-7-20(26)24-13-11-17(12-14-24)25-18-15-16(23(2,3)4)9-10-19(18)30-22(25)28/h9-10,15,17H,5-8,11-14H2,1-4H3. The number of piperidine rings is 1. The van der Waals surface area contributed by atoms with Crippen LogP contribution in [0.25, 0.3) is 11.1 Å². The monoisotopic (exact) mass is 416 g/mol. The van der Waals surface area contributed by atoms with Crippen molar-refractivity contribution in [2.24, 2.45) is 0 Å². The summed E-state index contributed by atoms with van der Waals surface area (Å²) in [7, 11) is 0. The van der Waals surface area contributed by atoms with Gasteiger partial charge in [-0.05, 0) is 49.3 Å². The van der Waals surface area contributed by atoms with Crippen LogP contribution in [0.3, 0.4) is 0 Å². The molecule has 1 fully saturated rings. The van der Waals surface area contributed by atoms with Crippen LogP contribution in [-0.2, 0) is 19.7 Å². The van der Waals surface area contributed by atoms with Crippen LogP contribution in [0.1, 0.15) is 71.4 Å². The van der Waals surface area contributed by atoms with Gasteiger partial charge in [-0.25, -0.2) is 4.79 Å². The van der Waals surface area contributed by atoms with Gasteiger partial charge in [0.05, 0.1) is 12.1 Å². The van der Waals surface area contributed by atoms with Crippen LogP contribution in [0, 0.1) is 0 Å². The second-order valence-electron chi connectivity index (χ2n) is 8.94. The van der Waals surface area contributed by atoms with Crippen LogP contribution in [0.4, 0.5) is 0 Å². The molecule has 0 bridgehead atoms. The van der Waals surface area contributed by atoms with Gasteiger partial charge < -0.3 is 14.1 Å². The van der Waals surface area contributed by atoms with Crippen molar-refractivity contribution in [2.45, 2.75) is 71.3 Å². The van der Waals surface area contributed by atoms with E-state index in [1.807, 2.05) is 23.1 Å². The van der Waals surface area contributed by atoms with Gasteiger partial charge in [0.25, 0.3) is 0 Å². The number of hydrogen-bond acceptors (Lipinski definition) is 5. The average molecular weight is 417 g/mol. The number of carbonyl (C=O) groups excluding carboxylic acids is 2. The van der Waals surface area contributed by atoms with Gasteiger partial charge in [0.1, 0.15) is 0 Å². The van der Waals surface area contributed by atoms with Crippen molar-refractivity contribution in [3.63, 3.8) is 0 Å². The molecule has 1 aromatic heterocycles. The van der Waals surface area contributed by atoms with Gasteiger partial charge in [0.15, 0.2) is 5.58 Å². The van der Waals surface area contributed by atoms with Crippen LogP contribution in [0.2, 0.25) is 0 Å². The van der Waals surface area contributed by atoms with Gasteiger partial charge in [-0.2, -0.15) is 0 Å². The highest BCUT2D eigenvalue weighted by Crippen LogP contribution is 2.30. The molecule has 0 unspecified atom stereocenters. The molecule has 1 aliphatic heterocycles. The van der Waals surface area contributed by atoms with E-state index in [9.17, 15) is 14.4 Å². The zero-order valence-electron chi connectivity index (χ0n) is 18.4. The third-order valence-corrected chi connectivity index (χ3v) is 5.74. The van der Waals surface area contributed by atoms with E-state index in [0.717, 1.165) is 11.1 Å². The molecule has 1 amide bonds. The Kier molecular flexibility index (Phi) is 6.68. The number of rotatable bonds is 6. The Labute approximate surface area is 177 Å². The van der Waals surface area contributed by atoms with Crippen molar-refractivity contribution >= 4 is 23.0 Å². The predicted octanol–water partition coefficient (Wildman–Crippen LogP) is 3.79. The normalized spacial score (nSPS) is 15.5. The highest BCUT2D eigenvalue weighted by molar-refractivity contribution is 5.77. The zero-order chi connectivity index (χ0) is 21.9. The van der Waals surface area contributed by atoms with Gasteiger partial charge in [0.2, 0.25) is 5.91 Å². The first-order chi connectivity index (χ1) is 14.2. The molecule has 1 aromatic carbocycles. The number of carbonyl (C=O) groups is 2. The summed E-state index contributed by atoms with van der Waals surface area (Å²) in [6, 6.07) is 5.94. The van der Waals surface area contributed by atoms with Crippen molar-refractivity contribution in [2.75, 3.05) is 19.7 Å². The minimum atomic E-state index is -0.338. The van der Waals surface area contributed by atoms with Crippen LogP contribution in [-0.4, -0.2) is 41.0 Å². The van der Waals surface area contributed by atoms with E-state index in [0.29, 0.717) is 51.0 Å². The summed E-state index contributed by atoms with van der Waals surface area (Å²) >= 11 is 0. The molecule has 0 spiro atoms. The maximum absolute atomic E-state index is 12.5. The van der Waals surface area contributed by atoms with E-state index in [1.165, 1.54) is 0 Å². The Hall–Kier alpha value is -2.57. The molecular weight excluding hydrogens is 384 g/mol. The van der Waals surface area contributed by atoms with E-state index in [4.69, 9.17) is 9.15 Å². The molecule has 3 rings (SSSR count). The molecule has 30 heavy (non-hydrogen) atoms. The second-order valence-corrected chi connectivity index (χ2v) is 8.94. The highest BCUT2D eigenvalue weighted by atomic mass is 16.5. The van der Waals surface area contributed by atoms with Crippen LogP contribution in [0.15, 0.2) is 27.4 Å². The summed E-state index contributed by atoms with van der Waals surface area (Å²) in [5.41, 5.74) is 2.56.